The fourth-order valence-electron chi connectivity index (χ4n) is 4.32. The lowest BCUT2D eigenvalue weighted by Gasteiger charge is -2.39. The van der Waals surface area contributed by atoms with Gasteiger partial charge in [-0.1, -0.05) is 59.3 Å². The maximum Gasteiger partial charge on any atom is 0.232 e. The molecule has 0 spiro atoms. The minimum absolute atomic E-state index is 0.0742. The van der Waals surface area contributed by atoms with Crippen LogP contribution in [0.1, 0.15) is 49.7 Å². The molecule has 3 nitrogen and oxygen atoms in total. The molecule has 1 heterocycles. The zero-order chi connectivity index (χ0) is 19.0. The molecule has 0 fully saturated rings. The SMILES string of the molecule is CCc1ccccc1N1C(=O)CC(c2ccccc2Br)C2=C1CCCC2=O. The number of hydrogen-bond donors (Lipinski definition) is 0. The van der Waals surface area contributed by atoms with Crippen molar-refractivity contribution in [2.75, 3.05) is 4.90 Å². The van der Waals surface area contributed by atoms with Gasteiger partial charge in [0.1, 0.15) is 0 Å². The minimum atomic E-state index is -0.166. The van der Waals surface area contributed by atoms with E-state index >= 15 is 0 Å². The van der Waals surface area contributed by atoms with Crippen LogP contribution in [0, 0.1) is 0 Å². The molecule has 0 bridgehead atoms. The lowest BCUT2D eigenvalue weighted by Crippen LogP contribution is -2.41. The molecule has 1 aliphatic heterocycles. The van der Waals surface area contributed by atoms with Gasteiger partial charge in [0.05, 0.1) is 5.69 Å². The summed E-state index contributed by atoms with van der Waals surface area (Å²) in [6.07, 6.45) is 3.32. The number of carbonyl (C=O) groups is 2. The Morgan fingerprint density at radius 2 is 1.78 bits per heavy atom. The summed E-state index contributed by atoms with van der Waals surface area (Å²) >= 11 is 3.61. The summed E-state index contributed by atoms with van der Waals surface area (Å²) in [5.41, 5.74) is 4.83. The van der Waals surface area contributed by atoms with Crippen molar-refractivity contribution in [3.8, 4) is 0 Å². The number of aryl methyl sites for hydroxylation is 1. The number of amides is 1. The smallest absolute Gasteiger partial charge is 0.232 e. The van der Waals surface area contributed by atoms with Crippen LogP contribution < -0.4 is 4.90 Å². The van der Waals surface area contributed by atoms with Gasteiger partial charge in [-0.2, -0.15) is 0 Å². The van der Waals surface area contributed by atoms with E-state index in [1.807, 2.05) is 47.4 Å². The van der Waals surface area contributed by atoms with E-state index in [4.69, 9.17) is 0 Å². The molecule has 4 heteroatoms. The van der Waals surface area contributed by atoms with Crippen molar-refractivity contribution in [1.29, 1.82) is 0 Å². The van der Waals surface area contributed by atoms with Crippen molar-refractivity contribution < 1.29 is 9.59 Å². The number of rotatable bonds is 3. The molecule has 1 aliphatic carbocycles. The number of halogens is 1. The van der Waals surface area contributed by atoms with Gasteiger partial charge in [-0.15, -0.1) is 0 Å². The van der Waals surface area contributed by atoms with E-state index < -0.39 is 0 Å². The molecule has 0 N–H and O–H groups in total. The van der Waals surface area contributed by atoms with Gasteiger partial charge in [0, 0.05) is 34.5 Å². The van der Waals surface area contributed by atoms with Crippen molar-refractivity contribution in [2.45, 2.75) is 44.9 Å². The average Bonchev–Trinajstić information content (AvgIpc) is 2.68. The summed E-state index contributed by atoms with van der Waals surface area (Å²) in [5, 5.41) is 0. The maximum absolute atomic E-state index is 13.3. The van der Waals surface area contributed by atoms with Crippen LogP contribution in [0.15, 0.2) is 64.3 Å². The van der Waals surface area contributed by atoms with E-state index in [-0.39, 0.29) is 17.6 Å². The molecule has 27 heavy (non-hydrogen) atoms. The standard InChI is InChI=1S/C23H22BrNO2/c1-2-15-8-3-6-11-19(15)25-20-12-7-13-21(26)23(20)17(14-22(25)27)16-9-4-5-10-18(16)24/h3-6,8-11,17H,2,7,12-14H2,1H3. The minimum Gasteiger partial charge on any atom is -0.294 e. The van der Waals surface area contributed by atoms with Crippen LogP contribution in [0.2, 0.25) is 0 Å². The number of carbonyl (C=O) groups excluding carboxylic acids is 2. The van der Waals surface area contributed by atoms with Gasteiger partial charge >= 0.3 is 0 Å². The predicted octanol–water partition coefficient (Wildman–Crippen LogP) is 5.54. The highest BCUT2D eigenvalue weighted by molar-refractivity contribution is 9.10. The first-order valence-corrected chi connectivity index (χ1v) is 10.3. The van der Waals surface area contributed by atoms with Gasteiger partial charge in [-0.3, -0.25) is 14.5 Å². The van der Waals surface area contributed by atoms with Gasteiger partial charge in [0.25, 0.3) is 0 Å². The van der Waals surface area contributed by atoms with E-state index in [2.05, 4.69) is 28.9 Å². The number of allylic oxidation sites excluding steroid dienone is 2. The number of benzene rings is 2. The summed E-state index contributed by atoms with van der Waals surface area (Å²) in [4.78, 5) is 28.1. The molecule has 0 aromatic heterocycles. The van der Waals surface area contributed by atoms with Gasteiger partial charge in [-0.25, -0.2) is 0 Å². The molecule has 0 saturated carbocycles. The first kappa shape index (κ1) is 18.2. The Kier molecular flexibility index (Phi) is 5.00. The third-order valence-corrected chi connectivity index (χ3v) is 6.29. The van der Waals surface area contributed by atoms with Crippen LogP contribution in [-0.2, 0) is 16.0 Å². The Labute approximate surface area is 168 Å². The van der Waals surface area contributed by atoms with Crippen LogP contribution in [0.5, 0.6) is 0 Å². The number of ketones is 1. The Hall–Kier alpha value is -2.20. The second-order valence-corrected chi connectivity index (χ2v) is 7.98. The highest BCUT2D eigenvalue weighted by Gasteiger charge is 2.40. The predicted molar refractivity (Wildman–Crippen MR) is 111 cm³/mol. The van der Waals surface area contributed by atoms with Crippen LogP contribution in [-0.4, -0.2) is 11.7 Å². The monoisotopic (exact) mass is 423 g/mol. The van der Waals surface area contributed by atoms with Crippen LogP contribution in [0.3, 0.4) is 0 Å². The van der Waals surface area contributed by atoms with Gasteiger partial charge in [0.15, 0.2) is 5.78 Å². The van der Waals surface area contributed by atoms with Crippen LogP contribution in [0.25, 0.3) is 0 Å². The highest BCUT2D eigenvalue weighted by Crippen LogP contribution is 2.45. The lowest BCUT2D eigenvalue weighted by molar-refractivity contribution is -0.119. The fraction of sp³-hybridized carbons (Fsp3) is 0.304. The highest BCUT2D eigenvalue weighted by atomic mass is 79.9. The second kappa shape index (κ2) is 7.43. The van der Waals surface area contributed by atoms with E-state index in [9.17, 15) is 9.59 Å². The first-order chi connectivity index (χ1) is 13.1. The third-order valence-electron chi connectivity index (χ3n) is 5.57. The van der Waals surface area contributed by atoms with Crippen molar-refractivity contribution in [1.82, 2.24) is 0 Å². The van der Waals surface area contributed by atoms with Crippen molar-refractivity contribution in [2.24, 2.45) is 0 Å². The summed E-state index contributed by atoms with van der Waals surface area (Å²) in [5.74, 6) is 0.0921. The summed E-state index contributed by atoms with van der Waals surface area (Å²) in [6.45, 7) is 2.10. The van der Waals surface area contributed by atoms with Crippen molar-refractivity contribution in [3.63, 3.8) is 0 Å². The molecule has 2 aliphatic rings. The molecule has 138 valence electrons. The second-order valence-electron chi connectivity index (χ2n) is 7.13. The molecule has 2 aromatic rings. The molecular weight excluding hydrogens is 402 g/mol. The average molecular weight is 424 g/mol. The van der Waals surface area contributed by atoms with E-state index in [1.165, 1.54) is 0 Å². The quantitative estimate of drug-likeness (QED) is 0.649. The summed E-state index contributed by atoms with van der Waals surface area (Å²) in [7, 11) is 0. The Morgan fingerprint density at radius 3 is 2.56 bits per heavy atom. The Bertz CT molecular complexity index is 947. The molecule has 1 unspecified atom stereocenters. The molecule has 2 aromatic carbocycles. The molecular formula is C23H22BrNO2. The Balaban J connectivity index is 1.90. The summed E-state index contributed by atoms with van der Waals surface area (Å²) in [6, 6.07) is 16.0. The fourth-order valence-corrected chi connectivity index (χ4v) is 4.88. The first-order valence-electron chi connectivity index (χ1n) is 9.53. The number of hydrogen-bond acceptors (Lipinski definition) is 2. The van der Waals surface area contributed by atoms with Gasteiger partial charge in [0.2, 0.25) is 5.91 Å². The van der Waals surface area contributed by atoms with E-state index in [1.54, 1.807) is 0 Å². The van der Waals surface area contributed by atoms with E-state index in [0.29, 0.717) is 12.8 Å². The maximum atomic E-state index is 13.3. The topological polar surface area (TPSA) is 37.4 Å². The normalized spacial score (nSPS) is 20.1. The van der Waals surface area contributed by atoms with E-state index in [0.717, 1.165) is 51.8 Å². The van der Waals surface area contributed by atoms with Crippen LogP contribution in [0.4, 0.5) is 5.69 Å². The Morgan fingerprint density at radius 1 is 1.04 bits per heavy atom. The number of nitrogens with zero attached hydrogens (tertiary/aromatic N) is 1. The third kappa shape index (κ3) is 3.16. The number of para-hydroxylation sites is 1. The zero-order valence-electron chi connectivity index (χ0n) is 15.4. The zero-order valence-corrected chi connectivity index (χ0v) is 17.0. The van der Waals surface area contributed by atoms with Crippen molar-refractivity contribution in [3.05, 3.63) is 75.4 Å². The lowest BCUT2D eigenvalue weighted by atomic mass is 9.77. The largest absolute Gasteiger partial charge is 0.294 e. The van der Waals surface area contributed by atoms with Crippen molar-refractivity contribution >= 4 is 33.3 Å². The van der Waals surface area contributed by atoms with Gasteiger partial charge < -0.3 is 0 Å². The summed E-state index contributed by atoms with van der Waals surface area (Å²) < 4.78 is 0.954. The number of anilines is 1. The molecule has 1 amide bonds. The molecule has 4 rings (SSSR count). The molecule has 0 saturated heterocycles. The van der Waals surface area contributed by atoms with Crippen LogP contribution >= 0.6 is 15.9 Å². The molecule has 1 atom stereocenters. The van der Waals surface area contributed by atoms with Gasteiger partial charge in [-0.05, 0) is 42.5 Å². The molecule has 0 radical (unpaired) electrons. The number of Topliss-reactive ketones (excluding diaryl/α,β-unsaturated/α-hetero) is 1.